The molecular formula is C24H26O9. The number of esters is 2. The van der Waals surface area contributed by atoms with E-state index in [1.807, 2.05) is 0 Å². The molecule has 176 valence electrons. The number of phenolic OH excluding ortho intramolecular Hbond substituents is 1. The number of hydrogen-bond donors (Lipinski definition) is 2. The smallest absolute Gasteiger partial charge is 0.330 e. The highest BCUT2D eigenvalue weighted by Crippen LogP contribution is 2.28. The molecule has 0 aliphatic rings. The van der Waals surface area contributed by atoms with Gasteiger partial charge in [-0.05, 0) is 47.5 Å². The highest BCUT2D eigenvalue weighted by atomic mass is 16.6. The number of aliphatic hydroxyl groups is 1. The number of benzene rings is 2. The van der Waals surface area contributed by atoms with Gasteiger partial charge in [-0.1, -0.05) is 12.1 Å². The zero-order valence-corrected chi connectivity index (χ0v) is 18.5. The minimum atomic E-state index is -1.19. The normalized spacial score (nSPS) is 11.9. The second-order valence-corrected chi connectivity index (χ2v) is 6.63. The fraction of sp³-hybridized carbons (Fsp3) is 0.250. The predicted octanol–water partition coefficient (Wildman–Crippen LogP) is 2.59. The third kappa shape index (κ3) is 8.23. The summed E-state index contributed by atoms with van der Waals surface area (Å²) in [6.07, 6.45) is 4.12. The zero-order chi connectivity index (χ0) is 24.2. The van der Waals surface area contributed by atoms with E-state index in [-0.39, 0.29) is 19.0 Å². The van der Waals surface area contributed by atoms with Crippen LogP contribution in [0.25, 0.3) is 12.2 Å². The van der Waals surface area contributed by atoms with E-state index in [4.69, 9.17) is 23.7 Å². The molecular weight excluding hydrogens is 432 g/mol. The lowest BCUT2D eigenvalue weighted by Crippen LogP contribution is -2.24. The Morgan fingerprint density at radius 2 is 1.27 bits per heavy atom. The van der Waals surface area contributed by atoms with Gasteiger partial charge in [-0.15, -0.1) is 0 Å². The van der Waals surface area contributed by atoms with E-state index in [1.54, 1.807) is 30.3 Å². The van der Waals surface area contributed by atoms with Crippen LogP contribution in [0, 0.1) is 0 Å². The molecule has 1 atom stereocenters. The molecule has 0 aliphatic carbocycles. The Kier molecular flexibility index (Phi) is 9.79. The summed E-state index contributed by atoms with van der Waals surface area (Å²) in [5.74, 6) is -0.0511. The Hall–Kier alpha value is -3.98. The van der Waals surface area contributed by atoms with Crippen molar-refractivity contribution >= 4 is 24.1 Å². The first-order chi connectivity index (χ1) is 15.9. The molecule has 9 nitrogen and oxygen atoms in total. The third-order valence-electron chi connectivity index (χ3n) is 4.27. The zero-order valence-electron chi connectivity index (χ0n) is 18.5. The minimum Gasteiger partial charge on any atom is -0.504 e. The van der Waals surface area contributed by atoms with Crippen molar-refractivity contribution in [3.8, 4) is 23.0 Å². The summed E-state index contributed by atoms with van der Waals surface area (Å²) in [5, 5.41) is 19.6. The summed E-state index contributed by atoms with van der Waals surface area (Å²) in [7, 11) is 4.46. The first-order valence-electron chi connectivity index (χ1n) is 9.83. The molecule has 0 heterocycles. The predicted molar refractivity (Wildman–Crippen MR) is 120 cm³/mol. The van der Waals surface area contributed by atoms with E-state index >= 15 is 0 Å². The monoisotopic (exact) mass is 458 g/mol. The number of carbonyl (C=O) groups is 2. The van der Waals surface area contributed by atoms with Gasteiger partial charge in [-0.3, -0.25) is 0 Å². The molecule has 0 saturated carbocycles. The lowest BCUT2D eigenvalue weighted by Gasteiger charge is -2.10. The van der Waals surface area contributed by atoms with Crippen molar-refractivity contribution in [1.29, 1.82) is 0 Å². The molecule has 2 N–H and O–H groups in total. The summed E-state index contributed by atoms with van der Waals surface area (Å²) in [6, 6.07) is 9.75. The van der Waals surface area contributed by atoms with E-state index in [2.05, 4.69) is 0 Å². The van der Waals surface area contributed by atoms with Crippen LogP contribution >= 0.6 is 0 Å². The molecule has 9 heteroatoms. The summed E-state index contributed by atoms with van der Waals surface area (Å²) in [4.78, 5) is 23.6. The summed E-state index contributed by atoms with van der Waals surface area (Å²) in [6.45, 7) is -0.706. The van der Waals surface area contributed by atoms with Gasteiger partial charge >= 0.3 is 11.9 Å². The summed E-state index contributed by atoms with van der Waals surface area (Å²) >= 11 is 0. The number of aromatic hydroxyl groups is 1. The quantitative estimate of drug-likeness (QED) is 0.387. The van der Waals surface area contributed by atoms with Gasteiger partial charge in [0.1, 0.15) is 19.3 Å². The maximum absolute atomic E-state index is 11.8. The van der Waals surface area contributed by atoms with Crippen LogP contribution in [0.2, 0.25) is 0 Å². The standard InChI is InChI=1S/C24H26O9/c1-29-20-8-4-16(12-19(20)26)6-10-23(27)32-14-18(25)15-33-24(28)11-7-17-5-9-21(30-2)22(13-17)31-3/h4-13,18,25-26H,14-15H2,1-3H3/b10-6+,11-7+. The molecule has 0 aromatic heterocycles. The van der Waals surface area contributed by atoms with E-state index < -0.39 is 18.0 Å². The first kappa shape index (κ1) is 25.3. The van der Waals surface area contributed by atoms with Gasteiger partial charge in [-0.2, -0.15) is 0 Å². The molecule has 0 aliphatic heterocycles. The molecule has 2 aromatic rings. The van der Waals surface area contributed by atoms with Gasteiger partial charge < -0.3 is 33.9 Å². The maximum Gasteiger partial charge on any atom is 0.330 e. The molecule has 0 bridgehead atoms. The number of carbonyl (C=O) groups excluding carboxylic acids is 2. The van der Waals surface area contributed by atoms with Crippen molar-refractivity contribution in [3.63, 3.8) is 0 Å². The molecule has 1 unspecified atom stereocenters. The number of methoxy groups -OCH3 is 3. The van der Waals surface area contributed by atoms with Gasteiger partial charge in [0, 0.05) is 12.2 Å². The molecule has 0 fully saturated rings. The number of phenols is 1. The SMILES string of the molecule is COc1ccc(/C=C/C(=O)OCC(O)COC(=O)/C=C/c2ccc(OC)c(OC)c2)cc1O. The Morgan fingerprint density at radius 3 is 1.76 bits per heavy atom. The topological polar surface area (TPSA) is 121 Å². The molecule has 0 saturated heterocycles. The lowest BCUT2D eigenvalue weighted by atomic mass is 10.2. The summed E-state index contributed by atoms with van der Waals surface area (Å²) < 4.78 is 25.1. The van der Waals surface area contributed by atoms with Gasteiger partial charge in [0.15, 0.2) is 23.0 Å². The van der Waals surface area contributed by atoms with Crippen LogP contribution in [-0.2, 0) is 19.1 Å². The summed E-state index contributed by atoms with van der Waals surface area (Å²) in [5.41, 5.74) is 1.25. The number of rotatable bonds is 11. The van der Waals surface area contributed by atoms with Crippen LogP contribution in [0.3, 0.4) is 0 Å². The highest BCUT2D eigenvalue weighted by Gasteiger charge is 2.10. The van der Waals surface area contributed by atoms with Gasteiger partial charge in [0.2, 0.25) is 0 Å². The average Bonchev–Trinajstić information content (AvgIpc) is 2.83. The second kappa shape index (κ2) is 12.8. The van der Waals surface area contributed by atoms with Crippen LogP contribution < -0.4 is 14.2 Å². The van der Waals surface area contributed by atoms with Crippen LogP contribution in [0.5, 0.6) is 23.0 Å². The molecule has 0 radical (unpaired) electrons. The molecule has 0 amide bonds. The molecule has 0 spiro atoms. The van der Waals surface area contributed by atoms with E-state index in [0.717, 1.165) is 6.08 Å². The van der Waals surface area contributed by atoms with Crippen LogP contribution in [0.4, 0.5) is 0 Å². The lowest BCUT2D eigenvalue weighted by molar-refractivity contribution is -0.146. The molecule has 2 aromatic carbocycles. The van der Waals surface area contributed by atoms with Crippen molar-refractivity contribution in [3.05, 3.63) is 59.7 Å². The highest BCUT2D eigenvalue weighted by molar-refractivity contribution is 5.87. The van der Waals surface area contributed by atoms with Crippen LogP contribution in [-0.4, -0.2) is 62.8 Å². The fourth-order valence-electron chi connectivity index (χ4n) is 2.60. The number of aliphatic hydroxyl groups excluding tert-OH is 1. The fourth-order valence-corrected chi connectivity index (χ4v) is 2.60. The van der Waals surface area contributed by atoms with Crippen LogP contribution in [0.1, 0.15) is 11.1 Å². The van der Waals surface area contributed by atoms with Gasteiger partial charge in [0.25, 0.3) is 0 Å². The first-order valence-corrected chi connectivity index (χ1v) is 9.83. The van der Waals surface area contributed by atoms with Crippen molar-refractivity contribution in [2.75, 3.05) is 34.5 Å². The van der Waals surface area contributed by atoms with Gasteiger partial charge in [-0.25, -0.2) is 9.59 Å². The average molecular weight is 458 g/mol. The Labute approximate surface area is 191 Å². The molecule has 33 heavy (non-hydrogen) atoms. The third-order valence-corrected chi connectivity index (χ3v) is 4.27. The van der Waals surface area contributed by atoms with Crippen molar-refractivity contribution in [2.24, 2.45) is 0 Å². The Morgan fingerprint density at radius 1 is 0.788 bits per heavy atom. The second-order valence-electron chi connectivity index (χ2n) is 6.63. The Bertz CT molecular complexity index is 1010. The Balaban J connectivity index is 1.75. The van der Waals surface area contributed by atoms with Crippen molar-refractivity contribution < 1.29 is 43.5 Å². The largest absolute Gasteiger partial charge is 0.504 e. The van der Waals surface area contributed by atoms with Gasteiger partial charge in [0.05, 0.1) is 21.3 Å². The van der Waals surface area contributed by atoms with Crippen molar-refractivity contribution in [1.82, 2.24) is 0 Å². The molecule has 2 rings (SSSR count). The van der Waals surface area contributed by atoms with E-state index in [1.165, 1.54) is 45.6 Å². The number of hydrogen-bond acceptors (Lipinski definition) is 9. The maximum atomic E-state index is 11.8. The van der Waals surface area contributed by atoms with Crippen molar-refractivity contribution in [2.45, 2.75) is 6.10 Å². The van der Waals surface area contributed by atoms with E-state index in [9.17, 15) is 19.8 Å². The van der Waals surface area contributed by atoms with E-state index in [0.29, 0.717) is 28.4 Å². The van der Waals surface area contributed by atoms with Crippen LogP contribution in [0.15, 0.2) is 48.6 Å². The number of ether oxygens (including phenoxy) is 5. The minimum absolute atomic E-state index is 0.0644.